The summed E-state index contributed by atoms with van der Waals surface area (Å²) in [6, 6.07) is 8.18. The van der Waals surface area contributed by atoms with Gasteiger partial charge in [0.15, 0.2) is 5.96 Å². The standard InChI is InChI=1S/C17H29N3OS/c1-14(2)21-16-9-7-15(8-10-16)13-20-17(18-3)19-11-5-6-12-22-4/h7-10,14H,5-6,11-13H2,1-4H3,(H2,18,19,20). The molecule has 1 aromatic rings. The number of unbranched alkanes of at least 4 members (excludes halogenated alkanes) is 1. The largest absolute Gasteiger partial charge is 0.491 e. The van der Waals surface area contributed by atoms with Gasteiger partial charge in [0.05, 0.1) is 6.10 Å². The molecule has 2 N–H and O–H groups in total. The molecule has 0 atom stereocenters. The van der Waals surface area contributed by atoms with Gasteiger partial charge < -0.3 is 15.4 Å². The lowest BCUT2D eigenvalue weighted by Crippen LogP contribution is -2.37. The van der Waals surface area contributed by atoms with Crippen LogP contribution >= 0.6 is 11.8 Å². The maximum absolute atomic E-state index is 5.64. The van der Waals surface area contributed by atoms with Gasteiger partial charge in [-0.15, -0.1) is 0 Å². The highest BCUT2D eigenvalue weighted by Crippen LogP contribution is 2.13. The molecule has 0 radical (unpaired) electrons. The third-order valence-electron chi connectivity index (χ3n) is 3.05. The van der Waals surface area contributed by atoms with Crippen LogP contribution in [-0.4, -0.2) is 37.7 Å². The van der Waals surface area contributed by atoms with Gasteiger partial charge in [0.25, 0.3) is 0 Å². The molecule has 1 aromatic carbocycles. The third-order valence-corrected chi connectivity index (χ3v) is 3.74. The topological polar surface area (TPSA) is 45.7 Å². The summed E-state index contributed by atoms with van der Waals surface area (Å²) in [5.41, 5.74) is 1.21. The van der Waals surface area contributed by atoms with E-state index in [1.54, 1.807) is 7.05 Å². The third kappa shape index (κ3) is 8.17. The van der Waals surface area contributed by atoms with Crippen molar-refractivity contribution in [2.75, 3.05) is 25.6 Å². The first-order valence-corrected chi connectivity index (χ1v) is 9.24. The lowest BCUT2D eigenvalue weighted by atomic mass is 10.2. The molecule has 0 aromatic heterocycles. The zero-order valence-corrected chi connectivity index (χ0v) is 15.0. The van der Waals surface area contributed by atoms with Crippen LogP contribution in [0.15, 0.2) is 29.3 Å². The van der Waals surface area contributed by atoms with E-state index in [0.29, 0.717) is 0 Å². The van der Waals surface area contributed by atoms with Crippen molar-refractivity contribution in [3.05, 3.63) is 29.8 Å². The van der Waals surface area contributed by atoms with E-state index in [1.165, 1.54) is 24.2 Å². The number of guanidine groups is 1. The lowest BCUT2D eigenvalue weighted by Gasteiger charge is -2.13. The molecular formula is C17H29N3OS. The quantitative estimate of drug-likeness (QED) is 0.416. The van der Waals surface area contributed by atoms with E-state index in [2.05, 4.69) is 34.0 Å². The Hall–Kier alpha value is -1.36. The molecule has 0 amide bonds. The Bertz CT molecular complexity index is 432. The van der Waals surface area contributed by atoms with E-state index >= 15 is 0 Å². The van der Waals surface area contributed by atoms with E-state index < -0.39 is 0 Å². The monoisotopic (exact) mass is 323 g/mol. The Morgan fingerprint density at radius 1 is 1.18 bits per heavy atom. The molecule has 0 saturated carbocycles. The van der Waals surface area contributed by atoms with E-state index in [4.69, 9.17) is 4.74 Å². The molecule has 1 rings (SSSR count). The molecule has 124 valence electrons. The Labute approximate surface area is 139 Å². The molecule has 0 saturated heterocycles. The van der Waals surface area contributed by atoms with Crippen molar-refractivity contribution in [1.29, 1.82) is 0 Å². The van der Waals surface area contributed by atoms with Crippen LogP contribution < -0.4 is 15.4 Å². The average Bonchev–Trinajstić information content (AvgIpc) is 2.51. The van der Waals surface area contributed by atoms with Gasteiger partial charge in [0, 0.05) is 20.1 Å². The van der Waals surface area contributed by atoms with Gasteiger partial charge >= 0.3 is 0 Å². The number of nitrogens with one attached hydrogen (secondary N) is 2. The summed E-state index contributed by atoms with van der Waals surface area (Å²) in [6.07, 6.45) is 4.76. The van der Waals surface area contributed by atoms with Crippen LogP contribution in [0.5, 0.6) is 5.75 Å². The van der Waals surface area contributed by atoms with Crippen molar-refractivity contribution < 1.29 is 4.74 Å². The number of aliphatic imine (C=N–C) groups is 1. The van der Waals surface area contributed by atoms with Crippen LogP contribution in [0.4, 0.5) is 0 Å². The van der Waals surface area contributed by atoms with E-state index in [1.807, 2.05) is 37.7 Å². The first-order valence-electron chi connectivity index (χ1n) is 7.84. The molecule has 4 nitrogen and oxygen atoms in total. The first kappa shape index (κ1) is 18.7. The second-order valence-corrected chi connectivity index (χ2v) is 6.35. The number of benzene rings is 1. The summed E-state index contributed by atoms with van der Waals surface area (Å²) in [7, 11) is 1.80. The SMILES string of the molecule is CN=C(NCCCCSC)NCc1ccc(OC(C)C)cc1. The van der Waals surface area contributed by atoms with Gasteiger partial charge in [0.1, 0.15) is 5.75 Å². The van der Waals surface area contributed by atoms with Gasteiger partial charge in [-0.05, 0) is 56.4 Å². The lowest BCUT2D eigenvalue weighted by molar-refractivity contribution is 0.242. The molecule has 0 aliphatic heterocycles. The van der Waals surface area contributed by atoms with Crippen molar-refractivity contribution in [3.8, 4) is 5.75 Å². The van der Waals surface area contributed by atoms with Gasteiger partial charge in [-0.2, -0.15) is 11.8 Å². The van der Waals surface area contributed by atoms with Crippen LogP contribution in [0.2, 0.25) is 0 Å². The minimum absolute atomic E-state index is 0.207. The van der Waals surface area contributed by atoms with E-state index in [-0.39, 0.29) is 6.10 Å². The van der Waals surface area contributed by atoms with E-state index in [0.717, 1.165) is 24.8 Å². The van der Waals surface area contributed by atoms with E-state index in [9.17, 15) is 0 Å². The molecule has 0 fully saturated rings. The second kappa shape index (κ2) is 11.2. The van der Waals surface area contributed by atoms with Crippen LogP contribution in [0.1, 0.15) is 32.3 Å². The van der Waals surface area contributed by atoms with Crippen molar-refractivity contribution >= 4 is 17.7 Å². The molecule has 5 heteroatoms. The molecular weight excluding hydrogens is 294 g/mol. The highest BCUT2D eigenvalue weighted by atomic mass is 32.2. The minimum atomic E-state index is 0.207. The number of rotatable bonds is 9. The summed E-state index contributed by atoms with van der Waals surface area (Å²) in [5, 5.41) is 6.67. The number of hydrogen-bond acceptors (Lipinski definition) is 3. The fraction of sp³-hybridized carbons (Fsp3) is 0.588. The van der Waals surface area contributed by atoms with Crippen molar-refractivity contribution in [2.45, 2.75) is 39.3 Å². The van der Waals surface area contributed by atoms with Crippen molar-refractivity contribution in [1.82, 2.24) is 10.6 Å². The van der Waals surface area contributed by atoms with Gasteiger partial charge in [0.2, 0.25) is 0 Å². The highest BCUT2D eigenvalue weighted by molar-refractivity contribution is 7.98. The number of nitrogens with zero attached hydrogens (tertiary/aromatic N) is 1. The zero-order valence-electron chi connectivity index (χ0n) is 14.2. The predicted octanol–water partition coefficient (Wildman–Crippen LogP) is 3.28. The molecule has 0 aliphatic carbocycles. The van der Waals surface area contributed by atoms with Crippen LogP contribution in [0, 0.1) is 0 Å². The second-order valence-electron chi connectivity index (χ2n) is 5.36. The first-order chi connectivity index (χ1) is 10.7. The van der Waals surface area contributed by atoms with Gasteiger partial charge in [-0.1, -0.05) is 12.1 Å². The number of hydrogen-bond donors (Lipinski definition) is 2. The summed E-state index contributed by atoms with van der Waals surface area (Å²) in [6.45, 7) is 5.78. The normalized spacial score (nSPS) is 11.6. The zero-order chi connectivity index (χ0) is 16.2. The number of ether oxygens (including phenoxy) is 1. The molecule has 0 spiro atoms. The maximum atomic E-state index is 5.64. The van der Waals surface area contributed by atoms with Crippen LogP contribution in [0.3, 0.4) is 0 Å². The molecule has 0 bridgehead atoms. The Kier molecular flexibility index (Phi) is 9.55. The Balaban J connectivity index is 2.30. The van der Waals surface area contributed by atoms with Crippen LogP contribution in [0.25, 0.3) is 0 Å². The smallest absolute Gasteiger partial charge is 0.191 e. The van der Waals surface area contributed by atoms with Crippen LogP contribution in [-0.2, 0) is 6.54 Å². The Morgan fingerprint density at radius 3 is 2.50 bits per heavy atom. The van der Waals surface area contributed by atoms with Gasteiger partial charge in [-0.25, -0.2) is 0 Å². The Morgan fingerprint density at radius 2 is 1.91 bits per heavy atom. The summed E-state index contributed by atoms with van der Waals surface area (Å²) in [5.74, 6) is 2.99. The van der Waals surface area contributed by atoms with Crippen molar-refractivity contribution in [2.24, 2.45) is 4.99 Å². The number of thioether (sulfide) groups is 1. The fourth-order valence-corrected chi connectivity index (χ4v) is 2.44. The van der Waals surface area contributed by atoms with Crippen molar-refractivity contribution in [3.63, 3.8) is 0 Å². The van der Waals surface area contributed by atoms with Gasteiger partial charge in [-0.3, -0.25) is 4.99 Å². The fourth-order valence-electron chi connectivity index (χ4n) is 1.94. The highest BCUT2D eigenvalue weighted by Gasteiger charge is 2.00. The maximum Gasteiger partial charge on any atom is 0.191 e. The summed E-state index contributed by atoms with van der Waals surface area (Å²) >= 11 is 1.89. The molecule has 0 heterocycles. The predicted molar refractivity (Wildman–Crippen MR) is 98.0 cm³/mol. The minimum Gasteiger partial charge on any atom is -0.491 e. The summed E-state index contributed by atoms with van der Waals surface area (Å²) in [4.78, 5) is 4.24. The molecule has 0 aliphatic rings. The molecule has 0 unspecified atom stereocenters. The summed E-state index contributed by atoms with van der Waals surface area (Å²) < 4.78 is 5.64. The average molecular weight is 324 g/mol. The molecule has 22 heavy (non-hydrogen) atoms.